The van der Waals surface area contributed by atoms with Crippen LogP contribution in [0.4, 0.5) is 5.82 Å². The molecule has 2 aliphatic rings. The Kier molecular flexibility index (Phi) is 5.45. The van der Waals surface area contributed by atoms with E-state index in [1.165, 1.54) is 0 Å². The van der Waals surface area contributed by atoms with E-state index in [0.29, 0.717) is 49.6 Å². The van der Waals surface area contributed by atoms with Crippen molar-refractivity contribution in [1.82, 2.24) is 29.9 Å². The maximum Gasteiger partial charge on any atom is 0.246 e. The van der Waals surface area contributed by atoms with Crippen LogP contribution in [0.25, 0.3) is 17.2 Å². The molecule has 35 heavy (non-hydrogen) atoms. The number of ether oxygens (including phenoxy) is 2. The molecule has 4 heterocycles. The van der Waals surface area contributed by atoms with Gasteiger partial charge >= 0.3 is 0 Å². The van der Waals surface area contributed by atoms with Crippen LogP contribution in [0.5, 0.6) is 11.5 Å². The van der Waals surface area contributed by atoms with Crippen LogP contribution < -0.4 is 14.4 Å². The predicted octanol–water partition coefficient (Wildman–Crippen LogP) is 2.36. The third kappa shape index (κ3) is 4.25. The number of nitrogens with zero attached hydrogens (tertiary/aromatic N) is 7. The second-order valence-electron chi connectivity index (χ2n) is 8.36. The number of anilines is 1. The van der Waals surface area contributed by atoms with Gasteiger partial charge in [0.2, 0.25) is 12.7 Å². The molecule has 0 bridgehead atoms. The molecule has 2 aliphatic heterocycles. The summed E-state index contributed by atoms with van der Waals surface area (Å²) >= 11 is 0. The van der Waals surface area contributed by atoms with Crippen molar-refractivity contribution in [2.75, 3.05) is 37.9 Å². The van der Waals surface area contributed by atoms with Gasteiger partial charge in [0.1, 0.15) is 6.33 Å². The van der Waals surface area contributed by atoms with E-state index in [0.717, 1.165) is 22.7 Å². The number of benzene rings is 2. The zero-order valence-corrected chi connectivity index (χ0v) is 18.9. The third-order valence-electron chi connectivity index (χ3n) is 6.16. The summed E-state index contributed by atoms with van der Waals surface area (Å²) in [6, 6.07) is 15.7. The van der Waals surface area contributed by atoms with Crippen molar-refractivity contribution in [3.63, 3.8) is 0 Å². The molecule has 4 aromatic rings. The van der Waals surface area contributed by atoms with Crippen molar-refractivity contribution in [1.29, 1.82) is 0 Å². The largest absolute Gasteiger partial charge is 0.454 e. The van der Waals surface area contributed by atoms with Crippen LogP contribution in [0.3, 0.4) is 0 Å². The lowest BCUT2D eigenvalue weighted by Crippen LogP contribution is -2.48. The number of rotatable bonds is 5. The van der Waals surface area contributed by atoms with Gasteiger partial charge in [0.15, 0.2) is 28.5 Å². The summed E-state index contributed by atoms with van der Waals surface area (Å²) in [7, 11) is 0. The summed E-state index contributed by atoms with van der Waals surface area (Å²) in [4.78, 5) is 25.6. The molecule has 0 N–H and O–H groups in total. The molecule has 0 atom stereocenters. The maximum absolute atomic E-state index is 12.8. The maximum atomic E-state index is 12.8. The highest BCUT2D eigenvalue weighted by atomic mass is 16.7. The normalized spacial score (nSPS) is 15.3. The lowest BCUT2D eigenvalue weighted by atomic mass is 10.2. The van der Waals surface area contributed by atoms with E-state index in [4.69, 9.17) is 9.47 Å². The Balaban J connectivity index is 1.11. The third-order valence-corrected chi connectivity index (χ3v) is 6.16. The minimum atomic E-state index is -0.0241. The summed E-state index contributed by atoms with van der Waals surface area (Å²) < 4.78 is 12.5. The minimum absolute atomic E-state index is 0.0241. The Morgan fingerprint density at radius 1 is 0.971 bits per heavy atom. The van der Waals surface area contributed by atoms with Crippen molar-refractivity contribution in [3.8, 4) is 11.5 Å². The standard InChI is InChI=1S/C25H23N7O3/c33-22(9-7-18-6-8-20-21(14-18)35-17-34-20)30-10-12-31(13-11-30)24-23-25(27-16-26-24)32(29-28-23)15-19-4-2-1-3-5-19/h1-9,14,16H,10-13,15,17H2/b9-7+. The Bertz CT molecular complexity index is 1390. The second kappa shape index (κ2) is 9.05. The average Bonchev–Trinajstić information content (AvgIpc) is 3.55. The highest BCUT2D eigenvalue weighted by Gasteiger charge is 2.24. The summed E-state index contributed by atoms with van der Waals surface area (Å²) in [6.07, 6.45) is 4.95. The van der Waals surface area contributed by atoms with Crippen LogP contribution in [-0.2, 0) is 11.3 Å². The van der Waals surface area contributed by atoms with E-state index < -0.39 is 0 Å². The van der Waals surface area contributed by atoms with E-state index in [1.807, 2.05) is 53.4 Å². The van der Waals surface area contributed by atoms with Crippen molar-refractivity contribution in [2.24, 2.45) is 0 Å². The minimum Gasteiger partial charge on any atom is -0.454 e. The van der Waals surface area contributed by atoms with Crippen molar-refractivity contribution < 1.29 is 14.3 Å². The quantitative estimate of drug-likeness (QED) is 0.411. The topological polar surface area (TPSA) is 98.5 Å². The van der Waals surface area contributed by atoms with Gasteiger partial charge in [-0.05, 0) is 29.3 Å². The molecule has 0 radical (unpaired) electrons. The van der Waals surface area contributed by atoms with Crippen LogP contribution in [0.1, 0.15) is 11.1 Å². The first-order chi connectivity index (χ1) is 17.2. The van der Waals surface area contributed by atoms with Gasteiger partial charge in [-0.25, -0.2) is 14.6 Å². The molecule has 6 rings (SSSR count). The smallest absolute Gasteiger partial charge is 0.246 e. The lowest BCUT2D eigenvalue weighted by molar-refractivity contribution is -0.126. The number of carbonyl (C=O) groups is 1. The number of hydrogen-bond donors (Lipinski definition) is 0. The van der Waals surface area contributed by atoms with Gasteiger partial charge in [-0.2, -0.15) is 0 Å². The first-order valence-electron chi connectivity index (χ1n) is 11.4. The highest BCUT2D eigenvalue weighted by molar-refractivity contribution is 5.92. The Labute approximate surface area is 201 Å². The van der Waals surface area contributed by atoms with Gasteiger partial charge in [-0.3, -0.25) is 4.79 Å². The molecule has 0 unspecified atom stereocenters. The number of aromatic nitrogens is 5. The van der Waals surface area contributed by atoms with Gasteiger partial charge in [0.05, 0.1) is 6.54 Å². The Morgan fingerprint density at radius 2 is 1.80 bits per heavy atom. The van der Waals surface area contributed by atoms with Crippen LogP contribution in [0, 0.1) is 0 Å². The van der Waals surface area contributed by atoms with Gasteiger partial charge in [-0.15, -0.1) is 5.10 Å². The number of fused-ring (bicyclic) bond motifs is 2. The fraction of sp³-hybridized carbons (Fsp3) is 0.240. The molecule has 0 aliphatic carbocycles. The van der Waals surface area contributed by atoms with Crippen molar-refractivity contribution in [2.45, 2.75) is 6.54 Å². The Hall–Kier alpha value is -4.47. The molecule has 2 aromatic carbocycles. The highest BCUT2D eigenvalue weighted by Crippen LogP contribution is 2.32. The van der Waals surface area contributed by atoms with E-state index in [2.05, 4.69) is 25.2 Å². The molecule has 10 heteroatoms. The van der Waals surface area contributed by atoms with Crippen LogP contribution >= 0.6 is 0 Å². The molecular formula is C25H23N7O3. The van der Waals surface area contributed by atoms with Crippen molar-refractivity contribution >= 4 is 29.0 Å². The van der Waals surface area contributed by atoms with Gasteiger partial charge in [0.25, 0.3) is 0 Å². The monoisotopic (exact) mass is 469 g/mol. The molecule has 1 saturated heterocycles. The summed E-state index contributed by atoms with van der Waals surface area (Å²) in [5.74, 6) is 2.15. The molecule has 176 valence electrons. The van der Waals surface area contributed by atoms with Crippen LogP contribution in [-0.4, -0.2) is 68.7 Å². The Morgan fingerprint density at radius 3 is 2.66 bits per heavy atom. The molecule has 10 nitrogen and oxygen atoms in total. The zero-order valence-electron chi connectivity index (χ0n) is 18.9. The molecule has 0 saturated carbocycles. The first-order valence-corrected chi connectivity index (χ1v) is 11.4. The molecular weight excluding hydrogens is 446 g/mol. The van der Waals surface area contributed by atoms with Crippen LogP contribution in [0.15, 0.2) is 60.9 Å². The fourth-order valence-corrected chi connectivity index (χ4v) is 4.30. The number of amides is 1. The van der Waals surface area contributed by atoms with E-state index in [1.54, 1.807) is 23.2 Å². The molecule has 1 fully saturated rings. The van der Waals surface area contributed by atoms with Gasteiger partial charge < -0.3 is 19.3 Å². The SMILES string of the molecule is O=C(/C=C/c1ccc2c(c1)OCO2)N1CCN(c2ncnc3c2nnn3Cc2ccccc2)CC1. The molecule has 2 aromatic heterocycles. The van der Waals surface area contributed by atoms with E-state index >= 15 is 0 Å². The van der Waals surface area contributed by atoms with E-state index in [-0.39, 0.29) is 12.7 Å². The number of piperazine rings is 1. The average molecular weight is 470 g/mol. The molecule has 1 amide bonds. The van der Waals surface area contributed by atoms with Crippen LogP contribution in [0.2, 0.25) is 0 Å². The number of carbonyl (C=O) groups excluding carboxylic acids is 1. The van der Waals surface area contributed by atoms with E-state index in [9.17, 15) is 4.79 Å². The predicted molar refractivity (Wildman–Crippen MR) is 129 cm³/mol. The zero-order chi connectivity index (χ0) is 23.6. The lowest BCUT2D eigenvalue weighted by Gasteiger charge is -2.34. The molecule has 0 spiro atoms. The van der Waals surface area contributed by atoms with Gasteiger partial charge in [-0.1, -0.05) is 41.6 Å². The summed E-state index contributed by atoms with van der Waals surface area (Å²) in [6.45, 7) is 3.31. The fourth-order valence-electron chi connectivity index (χ4n) is 4.30. The van der Waals surface area contributed by atoms with Gasteiger partial charge in [0, 0.05) is 32.3 Å². The van der Waals surface area contributed by atoms with Crippen molar-refractivity contribution in [3.05, 3.63) is 72.1 Å². The number of hydrogen-bond acceptors (Lipinski definition) is 8. The second-order valence-corrected chi connectivity index (χ2v) is 8.36. The first kappa shape index (κ1) is 21.1. The summed E-state index contributed by atoms with van der Waals surface area (Å²) in [5, 5.41) is 8.68. The summed E-state index contributed by atoms with van der Waals surface area (Å²) in [5.41, 5.74) is 3.39.